The molecular weight excluding hydrogens is 340 g/mol. The largest absolute Gasteiger partial charge is 0.427 e. The van der Waals surface area contributed by atoms with Crippen LogP contribution in [0.1, 0.15) is 59.6 Å². The summed E-state index contributed by atoms with van der Waals surface area (Å²) < 4.78 is 17.0. The molecular formula is C22H30O3Si. The van der Waals surface area contributed by atoms with E-state index in [9.17, 15) is 0 Å². The fraction of sp³-hybridized carbons (Fsp3) is 0.545. The molecule has 0 radical (unpaired) electrons. The van der Waals surface area contributed by atoms with Gasteiger partial charge in [0.25, 0.3) is 0 Å². The third-order valence-corrected chi connectivity index (χ3v) is 11.6. The number of hydrogen-bond acceptors (Lipinski definition) is 3. The summed E-state index contributed by atoms with van der Waals surface area (Å²) in [5.74, 6) is 7.23. The SMILES string of the molecule is C#Cc1ccc(C#C[Si](C(C)C)(C(C)C)C(C)C)c2c1OC(OCC)O2. The first-order chi connectivity index (χ1) is 12.3. The zero-order valence-corrected chi connectivity index (χ0v) is 18.0. The Morgan fingerprint density at radius 1 is 1.00 bits per heavy atom. The van der Waals surface area contributed by atoms with Crippen LogP contribution in [-0.2, 0) is 4.74 Å². The Morgan fingerprint density at radius 3 is 1.96 bits per heavy atom. The zero-order chi connectivity index (χ0) is 19.5. The van der Waals surface area contributed by atoms with E-state index < -0.39 is 14.5 Å². The van der Waals surface area contributed by atoms with E-state index in [-0.39, 0.29) is 0 Å². The Bertz CT molecular complexity index is 725. The van der Waals surface area contributed by atoms with Crippen molar-refractivity contribution in [2.75, 3.05) is 6.61 Å². The Labute approximate surface area is 159 Å². The molecule has 1 heterocycles. The lowest BCUT2D eigenvalue weighted by Crippen LogP contribution is -2.43. The number of benzene rings is 1. The molecule has 1 aliphatic rings. The van der Waals surface area contributed by atoms with Crippen molar-refractivity contribution in [3.8, 4) is 35.3 Å². The third-order valence-electron chi connectivity index (χ3n) is 5.28. The average molecular weight is 371 g/mol. The second-order valence-electron chi connectivity index (χ2n) is 7.59. The van der Waals surface area contributed by atoms with Gasteiger partial charge in [0, 0.05) is 0 Å². The first-order valence-corrected chi connectivity index (χ1v) is 11.6. The molecule has 1 aromatic rings. The van der Waals surface area contributed by atoms with Crippen molar-refractivity contribution in [1.29, 1.82) is 0 Å². The summed E-state index contributed by atoms with van der Waals surface area (Å²) >= 11 is 0. The highest BCUT2D eigenvalue weighted by Gasteiger charge is 2.42. The van der Waals surface area contributed by atoms with E-state index in [2.05, 4.69) is 58.9 Å². The molecule has 3 nitrogen and oxygen atoms in total. The molecule has 0 amide bonds. The second kappa shape index (κ2) is 8.21. The Balaban J connectivity index is 2.52. The summed E-state index contributed by atoms with van der Waals surface area (Å²) in [7, 11) is -1.83. The first-order valence-electron chi connectivity index (χ1n) is 9.39. The van der Waals surface area contributed by atoms with Gasteiger partial charge in [-0.3, -0.25) is 0 Å². The van der Waals surface area contributed by atoms with Gasteiger partial charge in [-0.15, -0.1) is 12.0 Å². The molecule has 0 aliphatic carbocycles. The molecule has 0 N–H and O–H groups in total. The number of rotatable bonds is 5. The Hall–Kier alpha value is -1.88. The van der Waals surface area contributed by atoms with Crippen molar-refractivity contribution in [1.82, 2.24) is 0 Å². The van der Waals surface area contributed by atoms with E-state index in [4.69, 9.17) is 20.6 Å². The summed E-state index contributed by atoms with van der Waals surface area (Å²) in [6.45, 7) is 15.5. The highest BCUT2D eigenvalue weighted by atomic mass is 28.3. The van der Waals surface area contributed by atoms with Crippen molar-refractivity contribution in [3.05, 3.63) is 23.3 Å². The van der Waals surface area contributed by atoms with E-state index in [1.165, 1.54) is 0 Å². The van der Waals surface area contributed by atoms with E-state index >= 15 is 0 Å². The lowest BCUT2D eigenvalue weighted by molar-refractivity contribution is -0.173. The lowest BCUT2D eigenvalue weighted by Gasteiger charge is -2.38. The van der Waals surface area contributed by atoms with Crippen LogP contribution in [0.3, 0.4) is 0 Å². The molecule has 140 valence electrons. The van der Waals surface area contributed by atoms with Crippen LogP contribution in [0.5, 0.6) is 11.5 Å². The van der Waals surface area contributed by atoms with Gasteiger partial charge in [-0.25, -0.2) is 0 Å². The topological polar surface area (TPSA) is 27.7 Å². The monoisotopic (exact) mass is 370 g/mol. The zero-order valence-electron chi connectivity index (χ0n) is 17.0. The summed E-state index contributed by atoms with van der Waals surface area (Å²) in [4.78, 5) is 0. The van der Waals surface area contributed by atoms with Gasteiger partial charge in [0.1, 0.15) is 8.07 Å². The summed E-state index contributed by atoms with van der Waals surface area (Å²) in [6, 6.07) is 3.79. The molecule has 1 unspecified atom stereocenters. The smallest absolute Gasteiger partial charge is 0.361 e. The van der Waals surface area contributed by atoms with Crippen LogP contribution in [0.4, 0.5) is 0 Å². The minimum absolute atomic E-state index is 0.495. The fourth-order valence-electron chi connectivity index (χ4n) is 4.04. The maximum atomic E-state index is 5.84. The van der Waals surface area contributed by atoms with Gasteiger partial charge in [-0.05, 0) is 35.7 Å². The lowest BCUT2D eigenvalue weighted by atomic mass is 10.1. The maximum absolute atomic E-state index is 5.84. The number of ether oxygens (including phenoxy) is 3. The molecule has 0 saturated heterocycles. The van der Waals surface area contributed by atoms with Gasteiger partial charge in [0.2, 0.25) is 0 Å². The molecule has 26 heavy (non-hydrogen) atoms. The molecule has 1 aromatic carbocycles. The Kier molecular flexibility index (Phi) is 6.45. The molecule has 2 rings (SSSR count). The van der Waals surface area contributed by atoms with Gasteiger partial charge < -0.3 is 14.2 Å². The number of fused-ring (bicyclic) bond motifs is 1. The van der Waals surface area contributed by atoms with Gasteiger partial charge in [-0.2, -0.15) is 0 Å². The molecule has 0 spiro atoms. The van der Waals surface area contributed by atoms with Gasteiger partial charge >= 0.3 is 6.48 Å². The normalized spacial score (nSPS) is 16.0. The van der Waals surface area contributed by atoms with Crippen molar-refractivity contribution in [3.63, 3.8) is 0 Å². The molecule has 0 fully saturated rings. The third kappa shape index (κ3) is 3.63. The van der Waals surface area contributed by atoms with Crippen LogP contribution in [0.15, 0.2) is 12.1 Å². The van der Waals surface area contributed by atoms with Crippen LogP contribution in [-0.4, -0.2) is 21.2 Å². The fourth-order valence-corrected chi connectivity index (χ4v) is 9.26. The van der Waals surface area contributed by atoms with Crippen molar-refractivity contribution in [2.24, 2.45) is 0 Å². The van der Waals surface area contributed by atoms with Crippen LogP contribution in [0, 0.1) is 23.8 Å². The van der Waals surface area contributed by atoms with Crippen molar-refractivity contribution < 1.29 is 14.2 Å². The molecule has 1 atom stereocenters. The van der Waals surface area contributed by atoms with Crippen molar-refractivity contribution in [2.45, 2.75) is 71.6 Å². The minimum Gasteiger partial charge on any atom is -0.427 e. The van der Waals surface area contributed by atoms with Gasteiger partial charge in [-0.1, -0.05) is 53.4 Å². The summed E-state index contributed by atoms with van der Waals surface area (Å²) in [5.41, 5.74) is 6.91. The van der Waals surface area contributed by atoms with E-state index in [0.29, 0.717) is 40.3 Å². The first kappa shape index (κ1) is 20.4. The van der Waals surface area contributed by atoms with Crippen molar-refractivity contribution >= 4 is 8.07 Å². The highest BCUT2D eigenvalue weighted by Crippen LogP contribution is 2.43. The molecule has 0 saturated carbocycles. The quantitative estimate of drug-likeness (QED) is 0.518. The second-order valence-corrected chi connectivity index (χ2v) is 13.2. The molecule has 4 heteroatoms. The molecule has 0 bridgehead atoms. The summed E-state index contributed by atoms with van der Waals surface area (Å²) in [5, 5.41) is 0. The number of hydrogen-bond donors (Lipinski definition) is 0. The predicted molar refractivity (Wildman–Crippen MR) is 109 cm³/mol. The van der Waals surface area contributed by atoms with Crippen LogP contribution in [0.2, 0.25) is 16.6 Å². The Morgan fingerprint density at radius 2 is 1.50 bits per heavy atom. The van der Waals surface area contributed by atoms with Crippen LogP contribution in [0.25, 0.3) is 0 Å². The van der Waals surface area contributed by atoms with E-state index in [0.717, 1.165) is 5.56 Å². The summed E-state index contributed by atoms with van der Waals surface area (Å²) in [6.07, 6.45) is 5.60. The minimum atomic E-state index is -1.83. The van der Waals surface area contributed by atoms with E-state index in [1.54, 1.807) is 0 Å². The highest BCUT2D eigenvalue weighted by molar-refractivity contribution is 6.90. The molecule has 1 aliphatic heterocycles. The predicted octanol–water partition coefficient (Wildman–Crippen LogP) is 5.33. The van der Waals surface area contributed by atoms with Crippen LogP contribution >= 0.6 is 0 Å². The van der Waals surface area contributed by atoms with Crippen LogP contribution < -0.4 is 9.47 Å². The molecule has 0 aromatic heterocycles. The number of terminal acetylenes is 1. The van der Waals surface area contributed by atoms with Gasteiger partial charge in [0.05, 0.1) is 17.7 Å². The van der Waals surface area contributed by atoms with E-state index in [1.807, 2.05) is 19.1 Å². The standard InChI is InChI=1S/C22H30O3Si/c1-9-18-11-12-19(21-20(18)24-22(25-21)23-10-2)13-14-26(15(3)4,16(5)6)17(7)8/h1,11-12,15-17,22H,10H2,2-8H3. The average Bonchev–Trinajstić information content (AvgIpc) is 2.98. The van der Waals surface area contributed by atoms with Gasteiger partial charge in [0.15, 0.2) is 11.5 Å². The maximum Gasteiger partial charge on any atom is 0.361 e.